The van der Waals surface area contributed by atoms with Crippen molar-refractivity contribution in [2.45, 2.75) is 152 Å². The van der Waals surface area contributed by atoms with Crippen LogP contribution in [0.25, 0.3) is 0 Å². The van der Waals surface area contributed by atoms with Crippen LogP contribution in [-0.2, 0) is 47.5 Å². The number of hydrogen-bond acceptors (Lipinski definition) is 20. The van der Waals surface area contributed by atoms with Gasteiger partial charge in [0, 0.05) is 23.7 Å². The third kappa shape index (κ3) is 10.4. The van der Waals surface area contributed by atoms with Gasteiger partial charge in [-0.2, -0.15) is 0 Å². The van der Waals surface area contributed by atoms with E-state index in [4.69, 9.17) is 37.9 Å². The molecule has 22 atom stereocenters. The van der Waals surface area contributed by atoms with E-state index in [1.54, 1.807) is 13.8 Å². The minimum atomic E-state index is -1.65. The van der Waals surface area contributed by atoms with Crippen LogP contribution in [0.3, 0.4) is 0 Å². The van der Waals surface area contributed by atoms with Crippen molar-refractivity contribution in [1.29, 1.82) is 0 Å². The van der Waals surface area contributed by atoms with Crippen LogP contribution >= 0.6 is 0 Å². The average Bonchev–Trinajstić information content (AvgIpc) is 3.72. The smallest absolute Gasteiger partial charge is 0.337 e. The minimum absolute atomic E-state index is 0.0177. The maximum atomic E-state index is 13.3. The Kier molecular flexibility index (Phi) is 16.7. The molecule has 4 aliphatic heterocycles. The summed E-state index contributed by atoms with van der Waals surface area (Å²) in [5.41, 5.74) is 0.488. The summed E-state index contributed by atoms with van der Waals surface area (Å²) in [6, 6.07) is 0. The van der Waals surface area contributed by atoms with E-state index in [1.807, 2.05) is 13.8 Å². The first-order valence-electron chi connectivity index (χ1n) is 21.8. The number of rotatable bonds is 17. The van der Waals surface area contributed by atoms with E-state index >= 15 is 0 Å². The van der Waals surface area contributed by atoms with E-state index in [0.29, 0.717) is 6.42 Å². The number of carbonyl (C=O) groups is 2. The van der Waals surface area contributed by atoms with Gasteiger partial charge in [0.15, 0.2) is 12.6 Å². The summed E-state index contributed by atoms with van der Waals surface area (Å²) in [6.45, 7) is 6.61. The van der Waals surface area contributed by atoms with Crippen LogP contribution in [-0.4, -0.2) is 176 Å². The molecule has 20 heteroatoms. The highest BCUT2D eigenvalue weighted by Crippen LogP contribution is 2.49. The van der Waals surface area contributed by atoms with Crippen molar-refractivity contribution in [3.8, 4) is 0 Å². The summed E-state index contributed by atoms with van der Waals surface area (Å²) >= 11 is 0. The molecule has 0 radical (unpaired) electrons. The number of carbonyl (C=O) groups excluding carboxylic acids is 2. The minimum Gasteiger partial charge on any atom is -0.472 e. The molecule has 6 rings (SSSR count). The van der Waals surface area contributed by atoms with Crippen molar-refractivity contribution in [2.75, 3.05) is 26.4 Å². The van der Waals surface area contributed by atoms with Crippen molar-refractivity contribution >= 4 is 11.9 Å². The van der Waals surface area contributed by atoms with Gasteiger partial charge in [0.1, 0.15) is 48.8 Å². The largest absolute Gasteiger partial charge is 0.472 e. The van der Waals surface area contributed by atoms with Crippen molar-refractivity contribution in [3.63, 3.8) is 0 Å². The zero-order valence-corrected chi connectivity index (χ0v) is 35.5. The molecular formula is C42H66O20. The van der Waals surface area contributed by atoms with Gasteiger partial charge < -0.3 is 89.0 Å². The fourth-order valence-corrected chi connectivity index (χ4v) is 9.74. The lowest BCUT2D eigenvalue weighted by Gasteiger charge is -2.43. The Morgan fingerprint density at radius 2 is 1.05 bits per heavy atom. The van der Waals surface area contributed by atoms with Gasteiger partial charge in [-0.15, -0.1) is 0 Å². The number of ether oxygens (including phenoxy) is 8. The Balaban J connectivity index is 0.920. The molecule has 2 aliphatic carbocycles. The summed E-state index contributed by atoms with van der Waals surface area (Å²) in [5.74, 6) is -3.76. The Bertz CT molecular complexity index is 1560. The lowest BCUT2D eigenvalue weighted by atomic mass is 9.83. The SMILES string of the molecule is CC(CCCC(C)COC(=O)C1=COC(OC2OC(CO)C(O)C(O)C2O)C2C1CC(O)C2C)CCOC(=O)C1=COC(OC2OC(CO)C(O)C(O)C2O)C2C1CC(O)C2C. The van der Waals surface area contributed by atoms with Gasteiger partial charge in [-0.05, 0) is 49.4 Å². The third-order valence-electron chi connectivity index (χ3n) is 13.9. The van der Waals surface area contributed by atoms with Crippen molar-refractivity contribution in [2.24, 2.45) is 47.3 Å². The van der Waals surface area contributed by atoms with Crippen LogP contribution in [0.1, 0.15) is 66.2 Å². The molecule has 4 heterocycles. The molecule has 0 bridgehead atoms. The topological polar surface area (TPSA) is 310 Å². The fraction of sp³-hybridized carbons (Fsp3) is 0.857. The molecule has 354 valence electrons. The van der Waals surface area contributed by atoms with E-state index < -0.39 is 135 Å². The van der Waals surface area contributed by atoms with Crippen molar-refractivity contribution < 1.29 is 98.5 Å². The summed E-state index contributed by atoms with van der Waals surface area (Å²) in [5, 5.41) is 102. The first kappa shape index (κ1) is 48.9. The van der Waals surface area contributed by atoms with Crippen LogP contribution in [0.2, 0.25) is 0 Å². The van der Waals surface area contributed by atoms with E-state index in [1.165, 1.54) is 12.5 Å². The molecule has 20 nitrogen and oxygen atoms in total. The average molecular weight is 891 g/mol. The second kappa shape index (κ2) is 21.2. The second-order valence-corrected chi connectivity index (χ2v) is 18.2. The summed E-state index contributed by atoms with van der Waals surface area (Å²) in [7, 11) is 0. The molecule has 0 amide bonds. The van der Waals surface area contributed by atoms with Gasteiger partial charge in [0.2, 0.25) is 12.6 Å². The van der Waals surface area contributed by atoms with Gasteiger partial charge in [-0.3, -0.25) is 0 Å². The Morgan fingerprint density at radius 3 is 1.50 bits per heavy atom. The summed E-state index contributed by atoms with van der Waals surface area (Å²) in [4.78, 5) is 26.6. The van der Waals surface area contributed by atoms with E-state index in [-0.39, 0.29) is 60.9 Å². The highest BCUT2D eigenvalue weighted by Gasteiger charge is 2.55. The van der Waals surface area contributed by atoms with E-state index in [9.17, 15) is 60.7 Å². The lowest BCUT2D eigenvalue weighted by Crippen LogP contribution is -2.60. The number of aliphatic hydroxyl groups is 10. The summed E-state index contributed by atoms with van der Waals surface area (Å²) < 4.78 is 45.7. The normalized spacial score (nSPS) is 43.8. The molecule has 6 aliphatic rings. The molecule has 4 fully saturated rings. The van der Waals surface area contributed by atoms with Crippen LogP contribution in [0.4, 0.5) is 0 Å². The van der Waals surface area contributed by atoms with Gasteiger partial charge in [0.05, 0.1) is 62.3 Å². The molecular weight excluding hydrogens is 824 g/mol. The Morgan fingerprint density at radius 1 is 0.613 bits per heavy atom. The van der Waals surface area contributed by atoms with E-state index in [0.717, 1.165) is 19.3 Å². The zero-order valence-electron chi connectivity index (χ0n) is 35.5. The second-order valence-electron chi connectivity index (χ2n) is 18.2. The molecule has 0 spiro atoms. The van der Waals surface area contributed by atoms with Crippen LogP contribution in [0.5, 0.6) is 0 Å². The molecule has 2 saturated carbocycles. The number of hydrogen-bond donors (Lipinski definition) is 10. The number of esters is 2. The molecule has 2 saturated heterocycles. The van der Waals surface area contributed by atoms with Crippen LogP contribution < -0.4 is 0 Å². The predicted octanol–water partition coefficient (Wildman–Crippen LogP) is -1.71. The molecule has 0 aromatic carbocycles. The van der Waals surface area contributed by atoms with Crippen molar-refractivity contribution in [3.05, 3.63) is 23.7 Å². The van der Waals surface area contributed by atoms with Gasteiger partial charge >= 0.3 is 11.9 Å². The molecule has 0 aromatic rings. The predicted molar refractivity (Wildman–Crippen MR) is 208 cm³/mol. The quantitative estimate of drug-likeness (QED) is 0.0727. The van der Waals surface area contributed by atoms with Crippen LogP contribution in [0.15, 0.2) is 23.7 Å². The highest BCUT2D eigenvalue weighted by atomic mass is 16.8. The molecule has 62 heavy (non-hydrogen) atoms. The van der Waals surface area contributed by atoms with Gasteiger partial charge in [-0.25, -0.2) is 9.59 Å². The fourth-order valence-electron chi connectivity index (χ4n) is 9.74. The zero-order chi connectivity index (χ0) is 45.2. The number of aliphatic hydroxyl groups excluding tert-OH is 10. The van der Waals surface area contributed by atoms with Gasteiger partial charge in [-0.1, -0.05) is 40.5 Å². The molecule has 10 N–H and O–H groups in total. The lowest BCUT2D eigenvalue weighted by molar-refractivity contribution is -0.342. The number of fused-ring (bicyclic) bond motifs is 2. The van der Waals surface area contributed by atoms with Crippen LogP contribution in [0, 0.1) is 47.3 Å². The van der Waals surface area contributed by atoms with Crippen molar-refractivity contribution in [1.82, 2.24) is 0 Å². The third-order valence-corrected chi connectivity index (χ3v) is 13.9. The Labute approximate surface area is 359 Å². The molecule has 22 unspecified atom stereocenters. The van der Waals surface area contributed by atoms with E-state index in [2.05, 4.69) is 0 Å². The monoisotopic (exact) mass is 890 g/mol. The maximum Gasteiger partial charge on any atom is 0.337 e. The standard InChI is InChI=1S/C42H66O20/c1-17(8-9-55-37(53)23-15-57-39(29-19(3)25(45)10-21(23)29)61-41-35(51)33(49)31(47)27(12-43)59-41)6-5-7-18(2)14-56-38(54)24-16-58-40(30-20(4)26(46)11-22(24)30)62-42-36(52)34(50)32(48)28(13-44)60-42/h15-22,25-36,39-52H,5-14H2,1-4H3. The van der Waals surface area contributed by atoms with Gasteiger partial charge in [0.25, 0.3) is 0 Å². The first-order valence-corrected chi connectivity index (χ1v) is 21.8. The highest BCUT2D eigenvalue weighted by molar-refractivity contribution is 5.89. The first-order chi connectivity index (χ1) is 29.5. The summed E-state index contributed by atoms with van der Waals surface area (Å²) in [6.07, 6.45) is -12.8. The Hall–Kier alpha value is -2.54. The maximum absolute atomic E-state index is 13.3. The molecule has 0 aromatic heterocycles.